The Hall–Kier alpha value is -3.71. The minimum absolute atomic E-state index is 0.0473. The number of hydrogen-bond donors (Lipinski definition) is 1. The van der Waals surface area contributed by atoms with Crippen molar-refractivity contribution in [2.24, 2.45) is 5.10 Å². The number of hydrazone groups is 1. The van der Waals surface area contributed by atoms with Crippen LogP contribution in [0.25, 0.3) is 0 Å². The molecule has 0 spiro atoms. The van der Waals surface area contributed by atoms with Gasteiger partial charge in [-0.2, -0.15) is 5.10 Å². The lowest BCUT2D eigenvalue weighted by Crippen LogP contribution is -2.20. The van der Waals surface area contributed by atoms with Crippen molar-refractivity contribution in [1.82, 2.24) is 5.43 Å². The standard InChI is InChI=1S/C23H18ClFN2O4/c1-30-20-10-11-21(24)17(12-20)13-22(28)27-26-14-15-2-8-19(9-3-15)31-23(29)16-4-6-18(25)7-5-16/h2-12,14H,13H2,1H3,(H,27,28)/b26-14+. The summed E-state index contributed by atoms with van der Waals surface area (Å²) >= 11 is 6.10. The van der Waals surface area contributed by atoms with E-state index in [1.807, 2.05) is 0 Å². The van der Waals surface area contributed by atoms with Crippen LogP contribution in [-0.2, 0) is 11.2 Å². The number of esters is 1. The number of amides is 1. The monoisotopic (exact) mass is 440 g/mol. The van der Waals surface area contributed by atoms with Crippen molar-refractivity contribution >= 4 is 29.7 Å². The topological polar surface area (TPSA) is 77.0 Å². The molecule has 0 fully saturated rings. The largest absolute Gasteiger partial charge is 0.497 e. The summed E-state index contributed by atoms with van der Waals surface area (Å²) < 4.78 is 23.3. The molecular formula is C23H18ClFN2O4. The van der Waals surface area contributed by atoms with Crippen LogP contribution >= 0.6 is 11.6 Å². The number of nitrogens with one attached hydrogen (secondary N) is 1. The number of carbonyl (C=O) groups excluding carboxylic acids is 2. The van der Waals surface area contributed by atoms with E-state index in [4.69, 9.17) is 21.1 Å². The van der Waals surface area contributed by atoms with Gasteiger partial charge < -0.3 is 9.47 Å². The molecule has 0 aromatic heterocycles. The minimum atomic E-state index is -0.593. The van der Waals surface area contributed by atoms with Gasteiger partial charge >= 0.3 is 5.97 Å². The Bertz CT molecular complexity index is 1100. The second-order valence-corrected chi connectivity index (χ2v) is 6.80. The highest BCUT2D eigenvalue weighted by Gasteiger charge is 2.09. The Labute approximate surface area is 183 Å². The summed E-state index contributed by atoms with van der Waals surface area (Å²) in [6.07, 6.45) is 1.50. The molecule has 0 saturated carbocycles. The SMILES string of the molecule is COc1ccc(Cl)c(CC(=O)N/N=C/c2ccc(OC(=O)c3ccc(F)cc3)cc2)c1. The Morgan fingerprint density at radius 2 is 1.71 bits per heavy atom. The zero-order chi connectivity index (χ0) is 22.2. The van der Waals surface area contributed by atoms with Crippen molar-refractivity contribution in [3.63, 3.8) is 0 Å². The molecule has 0 unspecified atom stereocenters. The third-order valence-electron chi connectivity index (χ3n) is 4.18. The van der Waals surface area contributed by atoms with Crippen LogP contribution in [0.5, 0.6) is 11.5 Å². The molecule has 0 atom stereocenters. The van der Waals surface area contributed by atoms with E-state index in [1.54, 1.807) is 42.5 Å². The smallest absolute Gasteiger partial charge is 0.343 e. The fourth-order valence-corrected chi connectivity index (χ4v) is 2.76. The van der Waals surface area contributed by atoms with Gasteiger partial charge in [0.25, 0.3) is 0 Å². The Balaban J connectivity index is 1.53. The molecule has 31 heavy (non-hydrogen) atoms. The average Bonchev–Trinajstić information content (AvgIpc) is 2.77. The van der Waals surface area contributed by atoms with Crippen LogP contribution in [0.1, 0.15) is 21.5 Å². The number of benzene rings is 3. The van der Waals surface area contributed by atoms with E-state index in [2.05, 4.69) is 10.5 Å². The first-order chi connectivity index (χ1) is 14.9. The Morgan fingerprint density at radius 1 is 1.03 bits per heavy atom. The van der Waals surface area contributed by atoms with E-state index in [1.165, 1.54) is 37.6 Å². The van der Waals surface area contributed by atoms with Crippen molar-refractivity contribution in [1.29, 1.82) is 0 Å². The van der Waals surface area contributed by atoms with Crippen LogP contribution in [0.4, 0.5) is 4.39 Å². The summed E-state index contributed by atoms with van der Waals surface area (Å²) in [5.74, 6) is -0.431. The van der Waals surface area contributed by atoms with E-state index in [9.17, 15) is 14.0 Å². The minimum Gasteiger partial charge on any atom is -0.497 e. The predicted molar refractivity (Wildman–Crippen MR) is 115 cm³/mol. The molecule has 3 aromatic carbocycles. The molecule has 158 valence electrons. The van der Waals surface area contributed by atoms with Crippen molar-refractivity contribution in [3.05, 3.63) is 94.3 Å². The molecule has 0 heterocycles. The van der Waals surface area contributed by atoms with Gasteiger partial charge in [-0.25, -0.2) is 14.6 Å². The summed E-state index contributed by atoms with van der Waals surface area (Å²) in [6, 6.07) is 16.6. The number of halogens is 2. The molecule has 3 rings (SSSR count). The fourth-order valence-electron chi connectivity index (χ4n) is 2.58. The third kappa shape index (κ3) is 6.38. The van der Waals surface area contributed by atoms with Crippen molar-refractivity contribution < 1.29 is 23.5 Å². The van der Waals surface area contributed by atoms with Crippen LogP contribution in [-0.4, -0.2) is 25.2 Å². The van der Waals surface area contributed by atoms with Gasteiger partial charge in [0.1, 0.15) is 17.3 Å². The number of rotatable bonds is 7. The lowest BCUT2D eigenvalue weighted by atomic mass is 10.1. The molecule has 0 bridgehead atoms. The predicted octanol–water partition coefficient (Wildman–Crippen LogP) is 4.40. The summed E-state index contributed by atoms with van der Waals surface area (Å²) in [5, 5.41) is 4.38. The molecule has 8 heteroatoms. The maximum Gasteiger partial charge on any atom is 0.343 e. The quantitative estimate of drug-likeness (QED) is 0.256. The fraction of sp³-hybridized carbons (Fsp3) is 0.0870. The van der Waals surface area contributed by atoms with Crippen LogP contribution in [0.2, 0.25) is 5.02 Å². The van der Waals surface area contributed by atoms with Gasteiger partial charge in [-0.15, -0.1) is 0 Å². The third-order valence-corrected chi connectivity index (χ3v) is 4.55. The number of hydrogen-bond acceptors (Lipinski definition) is 5. The molecule has 0 aliphatic heterocycles. The average molecular weight is 441 g/mol. The van der Waals surface area contributed by atoms with E-state index >= 15 is 0 Å². The maximum atomic E-state index is 12.9. The zero-order valence-corrected chi connectivity index (χ0v) is 17.2. The first kappa shape index (κ1) is 22.0. The van der Waals surface area contributed by atoms with Crippen LogP contribution in [0.15, 0.2) is 71.8 Å². The highest BCUT2D eigenvalue weighted by molar-refractivity contribution is 6.31. The summed E-state index contributed by atoms with van der Waals surface area (Å²) in [4.78, 5) is 24.1. The molecular weight excluding hydrogens is 423 g/mol. The van der Waals surface area contributed by atoms with Crippen LogP contribution < -0.4 is 14.9 Å². The highest BCUT2D eigenvalue weighted by Crippen LogP contribution is 2.22. The number of carbonyl (C=O) groups is 2. The van der Waals surface area contributed by atoms with E-state index in [0.717, 1.165) is 0 Å². The molecule has 1 N–H and O–H groups in total. The first-order valence-electron chi connectivity index (χ1n) is 9.17. The second kappa shape index (κ2) is 10.4. The highest BCUT2D eigenvalue weighted by atomic mass is 35.5. The molecule has 1 amide bonds. The normalized spacial score (nSPS) is 10.7. The lowest BCUT2D eigenvalue weighted by molar-refractivity contribution is -0.120. The number of methoxy groups -OCH3 is 1. The van der Waals surface area contributed by atoms with E-state index in [-0.39, 0.29) is 17.9 Å². The molecule has 6 nitrogen and oxygen atoms in total. The summed E-state index contributed by atoms with van der Waals surface area (Å²) in [5.41, 5.74) is 3.98. The zero-order valence-electron chi connectivity index (χ0n) is 16.5. The first-order valence-corrected chi connectivity index (χ1v) is 9.54. The number of nitrogens with zero attached hydrogens (tertiary/aromatic N) is 1. The van der Waals surface area contributed by atoms with Crippen molar-refractivity contribution in [2.75, 3.05) is 7.11 Å². The van der Waals surface area contributed by atoms with Gasteiger partial charge in [0, 0.05) is 5.02 Å². The lowest BCUT2D eigenvalue weighted by Gasteiger charge is -2.06. The molecule has 0 saturated heterocycles. The van der Waals surface area contributed by atoms with Gasteiger partial charge in [0.15, 0.2) is 0 Å². The van der Waals surface area contributed by atoms with E-state index in [0.29, 0.717) is 27.6 Å². The summed E-state index contributed by atoms with van der Waals surface area (Å²) in [6.45, 7) is 0. The van der Waals surface area contributed by atoms with Crippen molar-refractivity contribution in [3.8, 4) is 11.5 Å². The summed E-state index contributed by atoms with van der Waals surface area (Å²) in [7, 11) is 1.53. The van der Waals surface area contributed by atoms with Crippen LogP contribution in [0.3, 0.4) is 0 Å². The van der Waals surface area contributed by atoms with Crippen molar-refractivity contribution in [2.45, 2.75) is 6.42 Å². The van der Waals surface area contributed by atoms with Gasteiger partial charge in [-0.3, -0.25) is 4.79 Å². The molecule has 0 radical (unpaired) electrons. The maximum absolute atomic E-state index is 12.9. The molecule has 0 aliphatic rings. The van der Waals surface area contributed by atoms with Gasteiger partial charge in [-0.1, -0.05) is 11.6 Å². The Morgan fingerprint density at radius 3 is 2.39 bits per heavy atom. The number of ether oxygens (including phenoxy) is 2. The van der Waals surface area contributed by atoms with Gasteiger partial charge in [0.05, 0.1) is 25.3 Å². The van der Waals surface area contributed by atoms with E-state index < -0.39 is 11.8 Å². The molecule has 0 aliphatic carbocycles. The molecule has 3 aromatic rings. The Kier molecular flexibility index (Phi) is 7.35. The van der Waals surface area contributed by atoms with Gasteiger partial charge in [0.2, 0.25) is 5.91 Å². The van der Waals surface area contributed by atoms with Crippen LogP contribution in [0, 0.1) is 5.82 Å². The second-order valence-electron chi connectivity index (χ2n) is 6.39. The van der Waals surface area contributed by atoms with Gasteiger partial charge in [-0.05, 0) is 77.9 Å².